The van der Waals surface area contributed by atoms with Gasteiger partial charge in [0.25, 0.3) is 0 Å². The van der Waals surface area contributed by atoms with Crippen molar-refractivity contribution in [2.45, 2.75) is 58.2 Å². The molecule has 5 nitrogen and oxygen atoms in total. The quantitative estimate of drug-likeness (QED) is 0.931. The highest BCUT2D eigenvalue weighted by molar-refractivity contribution is 5.68. The summed E-state index contributed by atoms with van der Waals surface area (Å²) in [5, 5.41) is 0. The number of nitrogens with one attached hydrogen (secondary N) is 1. The molecule has 0 radical (unpaired) electrons. The molecule has 124 valence electrons. The number of amides is 1. The number of hydrogen-bond donors (Lipinski definition) is 1. The molecule has 0 aromatic carbocycles. The molecule has 2 rings (SSSR count). The summed E-state index contributed by atoms with van der Waals surface area (Å²) in [5.74, 6) is 0. The molecule has 1 aliphatic rings. The number of carbonyl (C=O) groups is 1. The number of likely N-dealkylation sites (tertiary alicyclic amines) is 1. The van der Waals surface area contributed by atoms with E-state index in [4.69, 9.17) is 4.74 Å². The summed E-state index contributed by atoms with van der Waals surface area (Å²) >= 11 is 0. The molecule has 1 unspecified atom stereocenters. The molecule has 1 aromatic heterocycles. The highest BCUT2D eigenvalue weighted by atomic mass is 16.6. The fraction of sp³-hybridized carbons (Fsp3) is 0.706. The molecule has 0 spiro atoms. The minimum Gasteiger partial charge on any atom is -0.444 e. The summed E-state index contributed by atoms with van der Waals surface area (Å²) in [6, 6.07) is 4.79. The second kappa shape index (κ2) is 6.73. The van der Waals surface area contributed by atoms with Crippen molar-refractivity contribution < 1.29 is 9.53 Å². The van der Waals surface area contributed by atoms with Gasteiger partial charge in [-0.15, -0.1) is 0 Å². The normalized spacial score (nSPS) is 21.0. The van der Waals surface area contributed by atoms with Crippen LogP contribution in [0.3, 0.4) is 0 Å². The average molecular weight is 307 g/mol. The second-order valence-corrected chi connectivity index (χ2v) is 7.19. The molecular weight excluding hydrogens is 278 g/mol. The maximum absolute atomic E-state index is 12.3. The largest absolute Gasteiger partial charge is 0.444 e. The molecule has 1 N–H and O–H groups in total. The van der Waals surface area contributed by atoms with E-state index >= 15 is 0 Å². The first kappa shape index (κ1) is 16.9. The lowest BCUT2D eigenvalue weighted by Crippen LogP contribution is -2.50. The zero-order chi connectivity index (χ0) is 16.3. The highest BCUT2D eigenvalue weighted by Gasteiger charge is 2.31. The maximum atomic E-state index is 12.3. The number of aromatic nitrogens is 1. The van der Waals surface area contributed by atoms with Crippen molar-refractivity contribution in [2.24, 2.45) is 0 Å². The molecule has 1 amide bonds. The average Bonchev–Trinajstić information content (AvgIpc) is 2.98. The van der Waals surface area contributed by atoms with Crippen LogP contribution in [0, 0.1) is 0 Å². The van der Waals surface area contributed by atoms with Crippen LogP contribution in [-0.2, 0) is 4.74 Å². The summed E-state index contributed by atoms with van der Waals surface area (Å²) in [6.45, 7) is 9.44. The Labute approximate surface area is 133 Å². The van der Waals surface area contributed by atoms with Gasteiger partial charge in [0, 0.05) is 37.1 Å². The maximum Gasteiger partial charge on any atom is 0.410 e. The van der Waals surface area contributed by atoms with E-state index < -0.39 is 5.60 Å². The fourth-order valence-electron chi connectivity index (χ4n) is 2.92. The first-order valence-electron chi connectivity index (χ1n) is 8.11. The van der Waals surface area contributed by atoms with Crippen molar-refractivity contribution in [3.63, 3.8) is 0 Å². The lowest BCUT2D eigenvalue weighted by atomic mass is 10.0. The first-order chi connectivity index (χ1) is 10.3. The van der Waals surface area contributed by atoms with E-state index in [0.717, 1.165) is 25.9 Å². The van der Waals surface area contributed by atoms with Crippen LogP contribution in [0.2, 0.25) is 0 Å². The van der Waals surface area contributed by atoms with Crippen LogP contribution in [-0.4, -0.2) is 52.7 Å². The van der Waals surface area contributed by atoms with E-state index in [1.54, 1.807) is 0 Å². The highest BCUT2D eigenvalue weighted by Crippen LogP contribution is 2.25. The predicted molar refractivity (Wildman–Crippen MR) is 87.8 cm³/mol. The summed E-state index contributed by atoms with van der Waals surface area (Å²) in [6.07, 6.45) is 3.89. The Morgan fingerprint density at radius 1 is 1.50 bits per heavy atom. The monoisotopic (exact) mass is 307 g/mol. The van der Waals surface area contributed by atoms with Crippen LogP contribution >= 0.6 is 0 Å². The van der Waals surface area contributed by atoms with Gasteiger partial charge >= 0.3 is 6.09 Å². The third-order valence-corrected chi connectivity index (χ3v) is 4.31. The van der Waals surface area contributed by atoms with Crippen LogP contribution in [0.15, 0.2) is 18.3 Å². The number of aromatic amines is 1. The lowest BCUT2D eigenvalue weighted by molar-refractivity contribution is 0.00961. The van der Waals surface area contributed by atoms with Gasteiger partial charge in [-0.1, -0.05) is 0 Å². The van der Waals surface area contributed by atoms with Gasteiger partial charge in [0.05, 0.1) is 0 Å². The number of nitrogens with zero attached hydrogens (tertiary/aromatic N) is 2. The molecule has 1 fully saturated rings. The van der Waals surface area contributed by atoms with Crippen molar-refractivity contribution in [2.75, 3.05) is 20.1 Å². The standard InChI is InChI=1S/C17H29N3O2/c1-13(15-9-6-10-18-15)19(5)14-8-7-11-20(12-14)16(21)22-17(2,3)4/h6,9-10,13-14,18H,7-8,11-12H2,1-5H3/t13?,14-/m1/s1. The van der Waals surface area contributed by atoms with E-state index in [0.29, 0.717) is 12.1 Å². The van der Waals surface area contributed by atoms with Gasteiger partial charge in [-0.05, 0) is 59.7 Å². The molecular formula is C17H29N3O2. The smallest absolute Gasteiger partial charge is 0.410 e. The van der Waals surface area contributed by atoms with Gasteiger partial charge in [-0.2, -0.15) is 0 Å². The third kappa shape index (κ3) is 4.26. The predicted octanol–water partition coefficient (Wildman–Crippen LogP) is 3.41. The Kier molecular flexibility index (Phi) is 5.16. The Bertz CT molecular complexity index is 479. The van der Waals surface area contributed by atoms with E-state index in [9.17, 15) is 4.79 Å². The Morgan fingerprint density at radius 2 is 2.23 bits per heavy atom. The van der Waals surface area contributed by atoms with E-state index in [1.165, 1.54) is 5.69 Å². The van der Waals surface area contributed by atoms with Crippen LogP contribution in [0.4, 0.5) is 4.79 Å². The molecule has 1 aromatic rings. The van der Waals surface area contributed by atoms with Gasteiger partial charge < -0.3 is 14.6 Å². The molecule has 22 heavy (non-hydrogen) atoms. The number of rotatable bonds is 3. The number of likely N-dealkylation sites (N-methyl/N-ethyl adjacent to an activating group) is 1. The van der Waals surface area contributed by atoms with Crippen molar-refractivity contribution in [1.29, 1.82) is 0 Å². The van der Waals surface area contributed by atoms with Gasteiger partial charge in [0.2, 0.25) is 0 Å². The van der Waals surface area contributed by atoms with Crippen LogP contribution in [0.1, 0.15) is 52.3 Å². The van der Waals surface area contributed by atoms with Crippen LogP contribution < -0.4 is 0 Å². The summed E-state index contributed by atoms with van der Waals surface area (Å²) in [4.78, 5) is 19.7. The van der Waals surface area contributed by atoms with Crippen molar-refractivity contribution in [3.8, 4) is 0 Å². The number of H-pyrrole nitrogens is 1. The number of hydrogen-bond acceptors (Lipinski definition) is 3. The molecule has 5 heteroatoms. The van der Waals surface area contributed by atoms with Gasteiger partial charge in [-0.25, -0.2) is 4.79 Å². The van der Waals surface area contributed by atoms with Gasteiger partial charge in [0.15, 0.2) is 0 Å². The van der Waals surface area contributed by atoms with Crippen molar-refractivity contribution >= 4 is 6.09 Å². The van der Waals surface area contributed by atoms with Crippen molar-refractivity contribution in [3.05, 3.63) is 24.0 Å². The number of piperidine rings is 1. The molecule has 0 bridgehead atoms. The van der Waals surface area contributed by atoms with E-state index in [1.807, 2.05) is 37.9 Å². The SMILES string of the molecule is CC(c1ccc[nH]1)N(C)[C@@H]1CCCN(C(=O)OC(C)(C)C)C1. The molecule has 1 aliphatic heterocycles. The number of carbonyl (C=O) groups excluding carboxylic acids is 1. The second-order valence-electron chi connectivity index (χ2n) is 7.19. The molecule has 2 heterocycles. The first-order valence-corrected chi connectivity index (χ1v) is 8.11. The summed E-state index contributed by atoms with van der Waals surface area (Å²) in [5.41, 5.74) is 0.768. The molecule has 2 atom stereocenters. The topological polar surface area (TPSA) is 48.6 Å². The molecule has 1 saturated heterocycles. The molecule has 0 aliphatic carbocycles. The lowest BCUT2D eigenvalue weighted by Gasteiger charge is -2.40. The van der Waals surface area contributed by atoms with Crippen molar-refractivity contribution in [1.82, 2.24) is 14.8 Å². The van der Waals surface area contributed by atoms with Gasteiger partial charge in [-0.3, -0.25) is 4.90 Å². The van der Waals surface area contributed by atoms with Crippen LogP contribution in [0.25, 0.3) is 0 Å². The van der Waals surface area contributed by atoms with Gasteiger partial charge in [0.1, 0.15) is 5.60 Å². The van der Waals surface area contributed by atoms with E-state index in [2.05, 4.69) is 29.9 Å². The summed E-state index contributed by atoms with van der Waals surface area (Å²) in [7, 11) is 2.13. The summed E-state index contributed by atoms with van der Waals surface area (Å²) < 4.78 is 5.50. The Balaban J connectivity index is 1.96. The minimum atomic E-state index is -0.437. The van der Waals surface area contributed by atoms with E-state index in [-0.39, 0.29) is 6.09 Å². The fourth-order valence-corrected chi connectivity index (χ4v) is 2.92. The minimum absolute atomic E-state index is 0.196. The Hall–Kier alpha value is -1.49. The zero-order valence-corrected chi connectivity index (χ0v) is 14.4. The number of ether oxygens (including phenoxy) is 1. The third-order valence-electron chi connectivity index (χ3n) is 4.31. The zero-order valence-electron chi connectivity index (χ0n) is 14.4. The Morgan fingerprint density at radius 3 is 2.82 bits per heavy atom. The van der Waals surface area contributed by atoms with Crippen LogP contribution in [0.5, 0.6) is 0 Å². The molecule has 0 saturated carbocycles.